The number of aromatic hydroxyl groups is 1. The van der Waals surface area contributed by atoms with Gasteiger partial charge in [0.25, 0.3) is 5.91 Å². The number of amides is 1. The van der Waals surface area contributed by atoms with Gasteiger partial charge in [-0.2, -0.15) is 0 Å². The van der Waals surface area contributed by atoms with Gasteiger partial charge in [0.1, 0.15) is 5.75 Å². The van der Waals surface area contributed by atoms with Crippen molar-refractivity contribution < 1.29 is 9.90 Å². The number of phenolic OH excluding ortho intramolecular Hbond substituents is 1. The van der Waals surface area contributed by atoms with Crippen LogP contribution in [0.2, 0.25) is 0 Å². The van der Waals surface area contributed by atoms with Gasteiger partial charge in [-0.15, -0.1) is 0 Å². The molecule has 1 N–H and O–H groups in total. The molecule has 0 aromatic heterocycles. The van der Waals surface area contributed by atoms with E-state index in [2.05, 4.69) is 6.92 Å². The average molecular weight is 207 g/mol. The van der Waals surface area contributed by atoms with Crippen molar-refractivity contribution in [2.45, 2.75) is 19.8 Å². The first-order valence-electron chi connectivity index (χ1n) is 5.19. The molecule has 0 atom stereocenters. The Bertz CT molecular complexity index is 319. The van der Waals surface area contributed by atoms with E-state index >= 15 is 0 Å². The molecule has 0 bridgehead atoms. The fraction of sp³-hybridized carbons (Fsp3) is 0.417. The average Bonchev–Trinajstić information content (AvgIpc) is 2.26. The van der Waals surface area contributed by atoms with E-state index in [9.17, 15) is 4.79 Å². The Balaban J connectivity index is 2.63. The van der Waals surface area contributed by atoms with Crippen LogP contribution in [0.25, 0.3) is 0 Å². The largest absolute Gasteiger partial charge is 0.508 e. The molecule has 82 valence electrons. The van der Waals surface area contributed by atoms with Crippen LogP contribution in [0.5, 0.6) is 5.75 Å². The van der Waals surface area contributed by atoms with Crippen LogP contribution in [0.3, 0.4) is 0 Å². The van der Waals surface area contributed by atoms with E-state index < -0.39 is 0 Å². The summed E-state index contributed by atoms with van der Waals surface area (Å²) < 4.78 is 0. The fourth-order valence-electron chi connectivity index (χ4n) is 1.32. The van der Waals surface area contributed by atoms with E-state index in [4.69, 9.17) is 5.11 Å². The molecule has 0 aliphatic heterocycles. The number of unbranched alkanes of at least 4 members (excludes halogenated alkanes) is 1. The number of carbonyl (C=O) groups excluding carboxylic acids is 1. The van der Waals surface area contributed by atoms with Crippen LogP contribution in [0.15, 0.2) is 24.3 Å². The molecular formula is C12H17NO2. The molecule has 0 spiro atoms. The minimum absolute atomic E-state index is 0.00319. The summed E-state index contributed by atoms with van der Waals surface area (Å²) in [7, 11) is 1.80. The first-order chi connectivity index (χ1) is 7.15. The summed E-state index contributed by atoms with van der Waals surface area (Å²) >= 11 is 0. The van der Waals surface area contributed by atoms with Crippen LogP contribution in [0.4, 0.5) is 0 Å². The van der Waals surface area contributed by atoms with Crippen molar-refractivity contribution in [1.82, 2.24) is 4.90 Å². The molecular weight excluding hydrogens is 190 g/mol. The van der Waals surface area contributed by atoms with Gasteiger partial charge in [-0.3, -0.25) is 4.79 Å². The molecule has 1 rings (SSSR count). The van der Waals surface area contributed by atoms with E-state index in [-0.39, 0.29) is 11.7 Å². The first kappa shape index (κ1) is 11.6. The van der Waals surface area contributed by atoms with Gasteiger partial charge in [0.2, 0.25) is 0 Å². The number of benzene rings is 1. The van der Waals surface area contributed by atoms with Gasteiger partial charge in [0, 0.05) is 19.2 Å². The van der Waals surface area contributed by atoms with Crippen molar-refractivity contribution in [2.75, 3.05) is 13.6 Å². The zero-order chi connectivity index (χ0) is 11.3. The summed E-state index contributed by atoms with van der Waals surface area (Å²) in [6, 6.07) is 6.34. The van der Waals surface area contributed by atoms with Crippen molar-refractivity contribution in [1.29, 1.82) is 0 Å². The Morgan fingerprint density at radius 1 is 1.33 bits per heavy atom. The van der Waals surface area contributed by atoms with Crippen LogP contribution in [0.1, 0.15) is 30.1 Å². The van der Waals surface area contributed by atoms with Crippen molar-refractivity contribution >= 4 is 5.91 Å². The van der Waals surface area contributed by atoms with Crippen molar-refractivity contribution in [3.05, 3.63) is 29.8 Å². The van der Waals surface area contributed by atoms with Gasteiger partial charge in [0.15, 0.2) is 0 Å². The maximum atomic E-state index is 11.8. The van der Waals surface area contributed by atoms with Gasteiger partial charge in [-0.1, -0.05) is 13.3 Å². The molecule has 1 amide bonds. The van der Waals surface area contributed by atoms with E-state index in [1.165, 1.54) is 12.1 Å². The van der Waals surface area contributed by atoms with E-state index in [0.29, 0.717) is 5.56 Å². The van der Waals surface area contributed by atoms with Crippen molar-refractivity contribution in [3.63, 3.8) is 0 Å². The number of rotatable bonds is 4. The molecule has 1 aromatic carbocycles. The Hall–Kier alpha value is -1.51. The standard InChI is InChI=1S/C12H17NO2/c1-3-4-9-13(2)12(15)10-5-7-11(14)8-6-10/h5-8,14H,3-4,9H2,1-2H3. The molecule has 0 unspecified atom stereocenters. The smallest absolute Gasteiger partial charge is 0.253 e. The Labute approximate surface area is 90.3 Å². The zero-order valence-corrected chi connectivity index (χ0v) is 9.23. The minimum atomic E-state index is 0.00319. The molecule has 0 saturated heterocycles. The Kier molecular flexibility index (Phi) is 4.16. The zero-order valence-electron chi connectivity index (χ0n) is 9.23. The van der Waals surface area contributed by atoms with E-state index in [0.717, 1.165) is 19.4 Å². The number of hydrogen-bond donors (Lipinski definition) is 1. The van der Waals surface area contributed by atoms with Gasteiger partial charge < -0.3 is 10.0 Å². The highest BCUT2D eigenvalue weighted by Gasteiger charge is 2.10. The SMILES string of the molecule is CCCCN(C)C(=O)c1ccc(O)cc1. The normalized spacial score (nSPS) is 10.0. The molecule has 1 aromatic rings. The summed E-state index contributed by atoms with van der Waals surface area (Å²) in [5.41, 5.74) is 0.617. The van der Waals surface area contributed by atoms with Crippen molar-refractivity contribution in [2.24, 2.45) is 0 Å². The molecule has 3 nitrogen and oxygen atoms in total. The second-order valence-electron chi connectivity index (χ2n) is 3.63. The number of nitrogens with zero attached hydrogens (tertiary/aromatic N) is 1. The highest BCUT2D eigenvalue weighted by molar-refractivity contribution is 5.94. The first-order valence-corrected chi connectivity index (χ1v) is 5.19. The number of hydrogen-bond acceptors (Lipinski definition) is 2. The molecule has 0 radical (unpaired) electrons. The second kappa shape index (κ2) is 5.39. The van der Waals surface area contributed by atoms with Crippen LogP contribution in [-0.2, 0) is 0 Å². The highest BCUT2D eigenvalue weighted by Crippen LogP contribution is 2.11. The van der Waals surface area contributed by atoms with Gasteiger partial charge >= 0.3 is 0 Å². The maximum Gasteiger partial charge on any atom is 0.253 e. The van der Waals surface area contributed by atoms with Crippen LogP contribution in [-0.4, -0.2) is 29.5 Å². The Morgan fingerprint density at radius 3 is 2.47 bits per heavy atom. The minimum Gasteiger partial charge on any atom is -0.508 e. The second-order valence-corrected chi connectivity index (χ2v) is 3.63. The molecule has 0 saturated carbocycles. The molecule has 0 aliphatic carbocycles. The maximum absolute atomic E-state index is 11.8. The predicted octanol–water partition coefficient (Wildman–Crippen LogP) is 2.26. The topological polar surface area (TPSA) is 40.5 Å². The molecule has 0 aliphatic rings. The van der Waals surface area contributed by atoms with Gasteiger partial charge in [0.05, 0.1) is 0 Å². The summed E-state index contributed by atoms with van der Waals surface area (Å²) in [6.45, 7) is 2.87. The lowest BCUT2D eigenvalue weighted by Gasteiger charge is -2.16. The van der Waals surface area contributed by atoms with Gasteiger partial charge in [-0.25, -0.2) is 0 Å². The van der Waals surface area contributed by atoms with Crippen LogP contribution < -0.4 is 0 Å². The summed E-state index contributed by atoms with van der Waals surface area (Å²) in [4.78, 5) is 13.5. The van der Waals surface area contributed by atoms with Crippen LogP contribution in [0, 0.1) is 0 Å². The van der Waals surface area contributed by atoms with E-state index in [1.807, 2.05) is 0 Å². The van der Waals surface area contributed by atoms with Gasteiger partial charge in [-0.05, 0) is 30.7 Å². The lowest BCUT2D eigenvalue weighted by Crippen LogP contribution is -2.27. The third-order valence-electron chi connectivity index (χ3n) is 2.31. The summed E-state index contributed by atoms with van der Waals surface area (Å²) in [5.74, 6) is 0.186. The Morgan fingerprint density at radius 2 is 1.93 bits per heavy atom. The summed E-state index contributed by atoms with van der Waals surface area (Å²) in [5, 5.41) is 9.09. The molecule has 15 heavy (non-hydrogen) atoms. The predicted molar refractivity (Wildman–Crippen MR) is 60.0 cm³/mol. The third kappa shape index (κ3) is 3.27. The van der Waals surface area contributed by atoms with E-state index in [1.54, 1.807) is 24.1 Å². The quantitative estimate of drug-likeness (QED) is 0.822. The molecule has 0 fully saturated rings. The fourth-order valence-corrected chi connectivity index (χ4v) is 1.32. The molecule has 0 heterocycles. The number of phenols is 1. The lowest BCUT2D eigenvalue weighted by molar-refractivity contribution is 0.0793. The molecule has 3 heteroatoms. The van der Waals surface area contributed by atoms with Crippen molar-refractivity contribution in [3.8, 4) is 5.75 Å². The highest BCUT2D eigenvalue weighted by atomic mass is 16.3. The lowest BCUT2D eigenvalue weighted by atomic mass is 10.2. The summed E-state index contributed by atoms with van der Waals surface area (Å²) in [6.07, 6.45) is 2.09. The third-order valence-corrected chi connectivity index (χ3v) is 2.31. The number of carbonyl (C=O) groups is 1. The van der Waals surface area contributed by atoms with Crippen LogP contribution >= 0.6 is 0 Å². The monoisotopic (exact) mass is 207 g/mol.